The van der Waals surface area contributed by atoms with Crippen LogP contribution in [0.4, 0.5) is 18.3 Å². The zero-order valence-corrected chi connectivity index (χ0v) is 12.2. The van der Waals surface area contributed by atoms with Crippen LogP contribution < -0.4 is 10.1 Å². The first-order valence-electron chi connectivity index (χ1n) is 6.33. The number of ether oxygens (including phenoxy) is 1. The minimum absolute atomic E-state index is 0.215. The fraction of sp³-hybridized carbons (Fsp3) is 0.308. The first-order valence-corrected chi connectivity index (χ1v) is 7.15. The zero-order valence-electron chi connectivity index (χ0n) is 11.4. The lowest BCUT2D eigenvalue weighted by Gasteiger charge is -2.16. The third kappa shape index (κ3) is 4.17. The summed E-state index contributed by atoms with van der Waals surface area (Å²) in [6.45, 7) is 1.73. The van der Waals surface area contributed by atoms with Crippen molar-refractivity contribution in [3.8, 4) is 5.75 Å². The smallest absolute Gasteiger partial charge is 0.445 e. The van der Waals surface area contributed by atoms with Crippen molar-refractivity contribution in [2.24, 2.45) is 0 Å². The topological polar surface area (TPSA) is 64.1 Å². The molecule has 2 rings (SSSR count). The van der Waals surface area contributed by atoms with E-state index in [9.17, 15) is 18.0 Å². The summed E-state index contributed by atoms with van der Waals surface area (Å²) in [6, 6.07) is 8.67. The largest absolute Gasteiger partial charge is 0.481 e. The second-order valence-electron chi connectivity index (χ2n) is 4.23. The fourth-order valence-corrected chi connectivity index (χ4v) is 2.17. The van der Waals surface area contributed by atoms with Gasteiger partial charge in [-0.25, -0.2) is 0 Å². The van der Waals surface area contributed by atoms with Crippen LogP contribution in [-0.2, 0) is 11.0 Å². The number of carbonyl (C=O) groups is 1. The molecule has 0 spiro atoms. The lowest BCUT2D eigenvalue weighted by atomic mass is 10.2. The maximum Gasteiger partial charge on any atom is 0.445 e. The molecule has 1 aromatic heterocycles. The Hall–Kier alpha value is -2.16. The van der Waals surface area contributed by atoms with E-state index in [1.54, 1.807) is 37.3 Å². The summed E-state index contributed by atoms with van der Waals surface area (Å²) in [5.41, 5.74) is 0. The van der Waals surface area contributed by atoms with E-state index in [1.807, 2.05) is 0 Å². The predicted molar refractivity (Wildman–Crippen MR) is 74.7 cm³/mol. The number of nitrogens with one attached hydrogen (secondary N) is 1. The molecule has 0 unspecified atom stereocenters. The number of rotatable bonds is 5. The number of benzene rings is 1. The minimum atomic E-state index is -4.58. The van der Waals surface area contributed by atoms with Crippen LogP contribution in [0.15, 0.2) is 30.3 Å². The van der Waals surface area contributed by atoms with E-state index in [2.05, 4.69) is 15.5 Å². The van der Waals surface area contributed by atoms with E-state index in [4.69, 9.17) is 4.74 Å². The molecular weight excluding hydrogens is 319 g/mol. The van der Waals surface area contributed by atoms with Crippen molar-refractivity contribution >= 4 is 22.4 Å². The number of hydrogen-bond donors (Lipinski definition) is 1. The molecule has 0 aliphatic rings. The van der Waals surface area contributed by atoms with Gasteiger partial charge in [0.15, 0.2) is 6.10 Å². The van der Waals surface area contributed by atoms with E-state index in [0.29, 0.717) is 12.2 Å². The van der Waals surface area contributed by atoms with Crippen LogP contribution in [0.25, 0.3) is 0 Å². The molecule has 0 bridgehead atoms. The second kappa shape index (κ2) is 6.73. The Kier molecular flexibility index (Phi) is 4.96. The molecule has 1 amide bonds. The number of para-hydroxylation sites is 1. The van der Waals surface area contributed by atoms with Crippen molar-refractivity contribution < 1.29 is 22.7 Å². The zero-order chi connectivity index (χ0) is 16.2. The summed E-state index contributed by atoms with van der Waals surface area (Å²) in [5, 5.41) is 7.27. The van der Waals surface area contributed by atoms with E-state index in [0.717, 1.165) is 0 Å². The Morgan fingerprint density at radius 2 is 2.00 bits per heavy atom. The van der Waals surface area contributed by atoms with E-state index in [-0.39, 0.29) is 16.5 Å². The highest BCUT2D eigenvalue weighted by molar-refractivity contribution is 7.15. The maximum atomic E-state index is 12.4. The van der Waals surface area contributed by atoms with E-state index < -0.39 is 23.2 Å². The summed E-state index contributed by atoms with van der Waals surface area (Å²) >= 11 is 0.268. The van der Waals surface area contributed by atoms with Crippen molar-refractivity contribution in [2.75, 3.05) is 5.32 Å². The average Bonchev–Trinajstić information content (AvgIpc) is 2.94. The van der Waals surface area contributed by atoms with Crippen LogP contribution >= 0.6 is 11.3 Å². The molecule has 1 atom stereocenters. The molecule has 0 radical (unpaired) electrons. The molecule has 0 saturated heterocycles. The molecule has 9 heteroatoms. The van der Waals surface area contributed by atoms with Crippen molar-refractivity contribution in [2.45, 2.75) is 25.6 Å². The van der Waals surface area contributed by atoms with E-state index in [1.165, 1.54) is 0 Å². The summed E-state index contributed by atoms with van der Waals surface area (Å²) in [4.78, 5) is 12.0. The molecule has 1 N–H and O–H groups in total. The monoisotopic (exact) mass is 331 g/mol. The van der Waals surface area contributed by atoms with E-state index >= 15 is 0 Å². The Balaban J connectivity index is 2.02. The third-order valence-corrected chi connectivity index (χ3v) is 3.47. The van der Waals surface area contributed by atoms with Crippen LogP contribution in [0.1, 0.15) is 18.4 Å². The molecule has 0 aliphatic carbocycles. The first-order chi connectivity index (χ1) is 10.4. The second-order valence-corrected chi connectivity index (χ2v) is 5.20. The molecule has 2 aromatic rings. The average molecular weight is 331 g/mol. The molecule has 0 aliphatic heterocycles. The molecule has 22 heavy (non-hydrogen) atoms. The number of amides is 1. The number of hydrogen-bond acceptors (Lipinski definition) is 5. The van der Waals surface area contributed by atoms with Crippen LogP contribution in [0.3, 0.4) is 0 Å². The highest BCUT2D eigenvalue weighted by Gasteiger charge is 2.36. The predicted octanol–water partition coefficient (Wildman–Crippen LogP) is 3.35. The maximum absolute atomic E-state index is 12.4. The van der Waals surface area contributed by atoms with Gasteiger partial charge >= 0.3 is 6.18 Å². The first kappa shape index (κ1) is 16.2. The van der Waals surface area contributed by atoms with Crippen LogP contribution in [0.5, 0.6) is 5.75 Å². The van der Waals surface area contributed by atoms with Gasteiger partial charge in [-0.05, 0) is 18.6 Å². The Morgan fingerprint density at radius 3 is 2.55 bits per heavy atom. The molecule has 1 aromatic carbocycles. The highest BCUT2D eigenvalue weighted by atomic mass is 32.1. The van der Waals surface area contributed by atoms with Crippen molar-refractivity contribution in [3.05, 3.63) is 35.3 Å². The van der Waals surface area contributed by atoms with Gasteiger partial charge < -0.3 is 4.74 Å². The van der Waals surface area contributed by atoms with Crippen molar-refractivity contribution in [3.63, 3.8) is 0 Å². The number of aromatic nitrogens is 2. The molecule has 0 saturated carbocycles. The summed E-state index contributed by atoms with van der Waals surface area (Å²) in [6.07, 6.45) is -5.06. The van der Waals surface area contributed by atoms with Crippen LogP contribution in [-0.4, -0.2) is 22.2 Å². The van der Waals surface area contributed by atoms with Gasteiger partial charge in [0.1, 0.15) is 5.75 Å². The lowest BCUT2D eigenvalue weighted by Crippen LogP contribution is -2.32. The van der Waals surface area contributed by atoms with Gasteiger partial charge in [-0.15, -0.1) is 10.2 Å². The van der Waals surface area contributed by atoms with Gasteiger partial charge in [-0.3, -0.25) is 10.1 Å². The number of nitrogens with zero attached hydrogens (tertiary/aromatic N) is 2. The van der Waals surface area contributed by atoms with Crippen molar-refractivity contribution in [1.82, 2.24) is 10.2 Å². The number of carbonyl (C=O) groups excluding carboxylic acids is 1. The number of halogens is 3. The van der Waals surface area contributed by atoms with Crippen LogP contribution in [0, 0.1) is 0 Å². The Morgan fingerprint density at radius 1 is 1.32 bits per heavy atom. The summed E-state index contributed by atoms with van der Waals surface area (Å²) in [7, 11) is 0. The van der Waals surface area contributed by atoms with Gasteiger partial charge in [0.2, 0.25) is 10.1 Å². The fourth-order valence-electron chi connectivity index (χ4n) is 1.56. The quantitative estimate of drug-likeness (QED) is 0.912. The van der Waals surface area contributed by atoms with Crippen molar-refractivity contribution in [1.29, 1.82) is 0 Å². The Labute approximate surface area is 128 Å². The molecule has 118 valence electrons. The van der Waals surface area contributed by atoms with Gasteiger partial charge in [0, 0.05) is 0 Å². The highest BCUT2D eigenvalue weighted by Crippen LogP contribution is 2.33. The summed E-state index contributed by atoms with van der Waals surface area (Å²) < 4.78 is 42.8. The van der Waals surface area contributed by atoms with Gasteiger partial charge in [0.25, 0.3) is 5.91 Å². The molecular formula is C13H12F3N3O2S. The van der Waals surface area contributed by atoms with Gasteiger partial charge in [-0.1, -0.05) is 36.5 Å². The minimum Gasteiger partial charge on any atom is -0.481 e. The Bertz CT molecular complexity index is 631. The SMILES string of the molecule is CC[C@@H](Oc1ccccc1)C(=O)Nc1nnc(C(F)(F)F)s1. The normalized spacial score (nSPS) is 12.7. The van der Waals surface area contributed by atoms with Crippen LogP contribution in [0.2, 0.25) is 0 Å². The number of alkyl halides is 3. The molecule has 1 heterocycles. The molecule has 5 nitrogen and oxygen atoms in total. The number of anilines is 1. The lowest BCUT2D eigenvalue weighted by molar-refractivity contribution is -0.138. The van der Waals surface area contributed by atoms with Gasteiger partial charge in [-0.2, -0.15) is 13.2 Å². The van der Waals surface area contributed by atoms with Gasteiger partial charge in [0.05, 0.1) is 0 Å². The summed E-state index contributed by atoms with van der Waals surface area (Å²) in [5.74, 6) is -0.0750. The third-order valence-electron chi connectivity index (χ3n) is 2.58. The molecule has 0 fully saturated rings. The standard InChI is InChI=1S/C13H12F3N3O2S/c1-2-9(21-8-6-4-3-5-7-8)10(20)17-12-19-18-11(22-12)13(14,15)16/h3-7,9H,2H2,1H3,(H,17,19,20)/t9-/m1/s1.